The maximum absolute atomic E-state index is 13.0. The topological polar surface area (TPSA) is 74.7 Å². The molecule has 1 saturated carbocycles. The minimum absolute atomic E-state index is 0.0755. The molecule has 25 heavy (non-hydrogen) atoms. The average molecular weight is 370 g/mol. The van der Waals surface area contributed by atoms with Crippen LogP contribution in [-0.2, 0) is 14.8 Å². The standard InChI is InChI=1S/C19H31NO4S/c1-5-6-10-18(21)14(4)19(22)20-17(11-15-8-7-9-15)16(13(2)3)12-25(20,23)24/h5,14-15,17-18,21H,1,6-12H2,2-4H3/t14-,17?,18?/m1/s1. The fourth-order valence-electron chi connectivity index (χ4n) is 3.65. The van der Waals surface area contributed by atoms with E-state index in [4.69, 9.17) is 0 Å². The van der Waals surface area contributed by atoms with Gasteiger partial charge in [-0.1, -0.05) is 37.8 Å². The molecule has 6 heteroatoms. The van der Waals surface area contributed by atoms with E-state index in [9.17, 15) is 18.3 Å². The minimum atomic E-state index is -3.66. The van der Waals surface area contributed by atoms with Crippen molar-refractivity contribution in [2.45, 2.75) is 71.4 Å². The van der Waals surface area contributed by atoms with Gasteiger partial charge >= 0.3 is 0 Å². The van der Waals surface area contributed by atoms with Crippen LogP contribution in [0.3, 0.4) is 0 Å². The molecule has 0 spiro atoms. The van der Waals surface area contributed by atoms with Crippen molar-refractivity contribution in [3.8, 4) is 0 Å². The van der Waals surface area contributed by atoms with Gasteiger partial charge in [0.25, 0.3) is 0 Å². The first-order valence-corrected chi connectivity index (χ1v) is 10.8. The quantitative estimate of drug-likeness (QED) is 0.700. The van der Waals surface area contributed by atoms with E-state index in [0.29, 0.717) is 25.2 Å². The van der Waals surface area contributed by atoms with Crippen LogP contribution in [0, 0.1) is 11.8 Å². The lowest BCUT2D eigenvalue weighted by Gasteiger charge is -2.33. The molecule has 0 aromatic carbocycles. The first kappa shape index (κ1) is 20.2. The number of rotatable bonds is 7. The van der Waals surface area contributed by atoms with E-state index >= 15 is 0 Å². The Morgan fingerprint density at radius 3 is 2.52 bits per heavy atom. The molecule has 5 nitrogen and oxygen atoms in total. The van der Waals surface area contributed by atoms with Crippen molar-refractivity contribution < 1.29 is 18.3 Å². The number of hydrogen-bond acceptors (Lipinski definition) is 4. The highest BCUT2D eigenvalue weighted by Gasteiger charge is 2.47. The number of aliphatic hydroxyl groups excluding tert-OH is 1. The molecule has 2 unspecified atom stereocenters. The number of carbonyl (C=O) groups is 1. The summed E-state index contributed by atoms with van der Waals surface area (Å²) in [6.45, 7) is 9.06. The summed E-state index contributed by atoms with van der Waals surface area (Å²) >= 11 is 0. The molecule has 1 saturated heterocycles. The fourth-order valence-corrected chi connectivity index (χ4v) is 5.71. The molecule has 2 fully saturated rings. The van der Waals surface area contributed by atoms with Crippen LogP contribution in [0.15, 0.2) is 23.8 Å². The Hall–Kier alpha value is -1.14. The second kappa shape index (κ2) is 8.04. The van der Waals surface area contributed by atoms with E-state index in [1.54, 1.807) is 13.0 Å². The van der Waals surface area contributed by atoms with Crippen LogP contribution < -0.4 is 0 Å². The van der Waals surface area contributed by atoms with Gasteiger partial charge in [0.2, 0.25) is 15.9 Å². The lowest BCUT2D eigenvalue weighted by Crippen LogP contribution is -2.46. The predicted molar refractivity (Wildman–Crippen MR) is 99.4 cm³/mol. The second-order valence-corrected chi connectivity index (χ2v) is 9.53. The van der Waals surface area contributed by atoms with Crippen LogP contribution in [0.1, 0.15) is 59.3 Å². The van der Waals surface area contributed by atoms with Crippen LogP contribution in [0.5, 0.6) is 0 Å². The third-order valence-electron chi connectivity index (χ3n) is 5.60. The number of carbonyl (C=O) groups excluding carboxylic acids is 1. The number of nitrogens with zero attached hydrogens (tertiary/aromatic N) is 1. The van der Waals surface area contributed by atoms with Crippen molar-refractivity contribution in [2.24, 2.45) is 11.8 Å². The Morgan fingerprint density at radius 2 is 2.04 bits per heavy atom. The Balaban J connectivity index is 2.28. The van der Waals surface area contributed by atoms with Gasteiger partial charge in [-0.05, 0) is 44.6 Å². The molecule has 2 rings (SSSR count). The van der Waals surface area contributed by atoms with Crippen molar-refractivity contribution in [3.63, 3.8) is 0 Å². The molecule has 142 valence electrons. The summed E-state index contributed by atoms with van der Waals surface area (Å²) in [4.78, 5) is 13.0. The number of aliphatic hydroxyl groups is 1. The lowest BCUT2D eigenvalue weighted by molar-refractivity contribution is -0.134. The third kappa shape index (κ3) is 4.34. The van der Waals surface area contributed by atoms with Crippen molar-refractivity contribution in [3.05, 3.63) is 23.8 Å². The molecule has 1 aliphatic carbocycles. The highest BCUT2D eigenvalue weighted by molar-refractivity contribution is 7.90. The summed E-state index contributed by atoms with van der Waals surface area (Å²) < 4.78 is 26.6. The summed E-state index contributed by atoms with van der Waals surface area (Å²) in [6, 6.07) is -0.373. The summed E-state index contributed by atoms with van der Waals surface area (Å²) in [5, 5.41) is 10.2. The number of allylic oxidation sites excluding steroid dienone is 2. The van der Waals surface area contributed by atoms with E-state index in [1.165, 1.54) is 6.42 Å². The van der Waals surface area contributed by atoms with Crippen molar-refractivity contribution in [2.75, 3.05) is 5.75 Å². The number of sulfonamides is 1. The Morgan fingerprint density at radius 1 is 1.40 bits per heavy atom. The van der Waals surface area contributed by atoms with Gasteiger partial charge in [0, 0.05) is 0 Å². The van der Waals surface area contributed by atoms with Crippen LogP contribution in [-0.4, -0.2) is 41.6 Å². The van der Waals surface area contributed by atoms with E-state index in [0.717, 1.165) is 28.3 Å². The molecule has 1 N–H and O–H groups in total. The molecular formula is C19H31NO4S. The maximum Gasteiger partial charge on any atom is 0.242 e. The molecule has 0 bridgehead atoms. The predicted octanol–water partition coefficient (Wildman–Crippen LogP) is 3.02. The largest absolute Gasteiger partial charge is 0.392 e. The molecule has 1 aliphatic heterocycles. The summed E-state index contributed by atoms with van der Waals surface area (Å²) in [5.41, 5.74) is 1.83. The minimum Gasteiger partial charge on any atom is -0.392 e. The number of hydrogen-bond donors (Lipinski definition) is 1. The SMILES string of the molecule is C=CCCC(O)[C@@H](C)C(=O)N1C(CC2CCC2)C(=C(C)C)CS1(=O)=O. The summed E-state index contributed by atoms with van der Waals surface area (Å²) in [7, 11) is -3.66. The molecular weight excluding hydrogens is 338 g/mol. The zero-order valence-electron chi connectivity index (χ0n) is 15.6. The first-order valence-electron chi connectivity index (χ1n) is 9.20. The smallest absolute Gasteiger partial charge is 0.242 e. The molecule has 0 aromatic heterocycles. The van der Waals surface area contributed by atoms with E-state index in [2.05, 4.69) is 6.58 Å². The van der Waals surface area contributed by atoms with Crippen LogP contribution in [0.4, 0.5) is 0 Å². The Bertz CT molecular complexity index is 644. The molecule has 1 amide bonds. The van der Waals surface area contributed by atoms with Gasteiger partial charge in [0.05, 0.1) is 23.8 Å². The molecule has 2 aliphatic rings. The van der Waals surface area contributed by atoms with Crippen LogP contribution in [0.2, 0.25) is 0 Å². The molecule has 0 radical (unpaired) electrons. The molecule has 3 atom stereocenters. The van der Waals surface area contributed by atoms with Gasteiger partial charge in [0.15, 0.2) is 0 Å². The molecule has 0 aromatic rings. The van der Waals surface area contributed by atoms with Crippen molar-refractivity contribution in [1.82, 2.24) is 4.31 Å². The highest BCUT2D eigenvalue weighted by atomic mass is 32.2. The fraction of sp³-hybridized carbons (Fsp3) is 0.737. The zero-order chi connectivity index (χ0) is 18.8. The van der Waals surface area contributed by atoms with Gasteiger partial charge in [-0.15, -0.1) is 6.58 Å². The Kier molecular flexibility index (Phi) is 6.49. The third-order valence-corrected chi connectivity index (χ3v) is 7.31. The normalized spacial score (nSPS) is 25.4. The highest BCUT2D eigenvalue weighted by Crippen LogP contribution is 2.39. The monoisotopic (exact) mass is 369 g/mol. The van der Waals surface area contributed by atoms with Crippen LogP contribution in [0.25, 0.3) is 0 Å². The average Bonchev–Trinajstić information content (AvgIpc) is 2.77. The van der Waals surface area contributed by atoms with Gasteiger partial charge in [-0.25, -0.2) is 12.7 Å². The first-order chi connectivity index (χ1) is 11.7. The van der Waals surface area contributed by atoms with Crippen LogP contribution >= 0.6 is 0 Å². The number of amides is 1. The summed E-state index contributed by atoms with van der Waals surface area (Å²) in [5.74, 6) is -0.801. The van der Waals surface area contributed by atoms with E-state index in [-0.39, 0.29) is 11.8 Å². The second-order valence-electron chi connectivity index (χ2n) is 7.69. The van der Waals surface area contributed by atoms with E-state index in [1.807, 2.05) is 13.8 Å². The lowest BCUT2D eigenvalue weighted by atomic mass is 9.79. The van der Waals surface area contributed by atoms with Crippen molar-refractivity contribution in [1.29, 1.82) is 0 Å². The van der Waals surface area contributed by atoms with E-state index < -0.39 is 28.0 Å². The Labute approximate surface area is 151 Å². The van der Waals surface area contributed by atoms with Gasteiger partial charge in [-0.3, -0.25) is 4.79 Å². The van der Waals surface area contributed by atoms with Gasteiger partial charge in [-0.2, -0.15) is 0 Å². The van der Waals surface area contributed by atoms with Gasteiger partial charge in [0.1, 0.15) is 0 Å². The van der Waals surface area contributed by atoms with Crippen molar-refractivity contribution >= 4 is 15.9 Å². The van der Waals surface area contributed by atoms with Gasteiger partial charge < -0.3 is 5.11 Å². The molecule has 1 heterocycles. The summed E-state index contributed by atoms with van der Waals surface area (Å²) in [6.07, 6.45) is 5.93. The zero-order valence-corrected chi connectivity index (χ0v) is 16.4. The maximum atomic E-state index is 13.0.